The third-order valence-corrected chi connectivity index (χ3v) is 2.63. The van der Waals surface area contributed by atoms with Gasteiger partial charge in [-0.05, 0) is 31.5 Å². The van der Waals surface area contributed by atoms with Gasteiger partial charge in [0.1, 0.15) is 5.78 Å². The predicted octanol–water partition coefficient (Wildman–Crippen LogP) is -0.781. The fraction of sp³-hybridized carbons (Fsp3) is 0.231. The fourth-order valence-electron chi connectivity index (χ4n) is 1.73. The van der Waals surface area contributed by atoms with E-state index in [2.05, 4.69) is 15.3 Å². The van der Waals surface area contributed by atoms with Crippen molar-refractivity contribution in [3.05, 3.63) is 28.4 Å². The summed E-state index contributed by atoms with van der Waals surface area (Å²) in [6, 6.07) is 3.00. The molecule has 0 radical (unpaired) electrons. The van der Waals surface area contributed by atoms with E-state index in [0.29, 0.717) is 11.3 Å². The van der Waals surface area contributed by atoms with E-state index in [1.807, 2.05) is 0 Å². The number of rotatable bonds is 3. The third kappa shape index (κ3) is 2.82. The van der Waals surface area contributed by atoms with Crippen LogP contribution in [0.5, 0.6) is 0 Å². The van der Waals surface area contributed by atoms with Gasteiger partial charge >= 0.3 is 11.8 Å². The SMILES string of the molecule is CC(=O)CC(=O)Nc1cc2c(cc1C)=NC(=O)C(=O)N=2. The van der Waals surface area contributed by atoms with Gasteiger partial charge in [0.05, 0.1) is 17.1 Å². The Labute approximate surface area is 113 Å². The first-order valence-electron chi connectivity index (χ1n) is 5.82. The zero-order valence-electron chi connectivity index (χ0n) is 10.9. The summed E-state index contributed by atoms with van der Waals surface area (Å²) in [6.07, 6.45) is -0.227. The Balaban J connectivity index is 2.41. The van der Waals surface area contributed by atoms with Gasteiger partial charge in [0.2, 0.25) is 5.91 Å². The Morgan fingerprint density at radius 1 is 1.10 bits per heavy atom. The van der Waals surface area contributed by atoms with Crippen molar-refractivity contribution in [1.82, 2.24) is 0 Å². The number of carbonyl (C=O) groups is 4. The molecule has 1 aromatic rings. The van der Waals surface area contributed by atoms with Crippen LogP contribution in [0.1, 0.15) is 18.9 Å². The highest BCUT2D eigenvalue weighted by Gasteiger charge is 2.16. The second-order valence-electron chi connectivity index (χ2n) is 4.42. The van der Waals surface area contributed by atoms with Crippen molar-refractivity contribution in [2.45, 2.75) is 20.3 Å². The van der Waals surface area contributed by atoms with Crippen molar-refractivity contribution in [3.63, 3.8) is 0 Å². The summed E-state index contributed by atoms with van der Waals surface area (Å²) in [4.78, 5) is 51.9. The fourth-order valence-corrected chi connectivity index (χ4v) is 1.73. The molecule has 1 aromatic carbocycles. The van der Waals surface area contributed by atoms with Gasteiger partial charge in [0.25, 0.3) is 0 Å². The number of benzene rings is 1. The number of aryl methyl sites for hydroxylation is 1. The maximum atomic E-state index is 11.6. The number of nitrogens with one attached hydrogen (secondary N) is 1. The molecular formula is C13H11N3O4. The Morgan fingerprint density at radius 2 is 1.65 bits per heavy atom. The van der Waals surface area contributed by atoms with Crippen LogP contribution in [0.4, 0.5) is 5.69 Å². The van der Waals surface area contributed by atoms with Crippen LogP contribution < -0.4 is 16.0 Å². The van der Waals surface area contributed by atoms with Crippen molar-refractivity contribution in [2.24, 2.45) is 9.98 Å². The first-order valence-corrected chi connectivity index (χ1v) is 5.82. The zero-order chi connectivity index (χ0) is 14.9. The van der Waals surface area contributed by atoms with Crippen molar-refractivity contribution < 1.29 is 19.2 Å². The normalized spacial score (nSPS) is 13.1. The monoisotopic (exact) mass is 273 g/mol. The molecule has 0 aromatic heterocycles. The number of amides is 3. The molecule has 0 unspecified atom stereocenters. The van der Waals surface area contributed by atoms with Crippen molar-refractivity contribution in [2.75, 3.05) is 5.32 Å². The van der Waals surface area contributed by atoms with Crippen LogP contribution in [0.15, 0.2) is 22.1 Å². The number of carbonyl (C=O) groups excluding carboxylic acids is 4. The molecule has 1 aliphatic heterocycles. The Morgan fingerprint density at radius 3 is 2.20 bits per heavy atom. The lowest BCUT2D eigenvalue weighted by atomic mass is 10.1. The molecular weight excluding hydrogens is 262 g/mol. The van der Waals surface area contributed by atoms with Crippen LogP contribution in [0.2, 0.25) is 0 Å². The first-order chi connectivity index (χ1) is 9.36. The van der Waals surface area contributed by atoms with Crippen LogP contribution in [0.3, 0.4) is 0 Å². The van der Waals surface area contributed by atoms with Crippen LogP contribution in [0.25, 0.3) is 0 Å². The second kappa shape index (κ2) is 5.12. The molecule has 2 rings (SSSR count). The molecule has 0 atom stereocenters. The van der Waals surface area contributed by atoms with Crippen molar-refractivity contribution in [1.29, 1.82) is 0 Å². The standard InChI is InChI=1S/C13H11N3O4/c1-6-3-9-10(16-13(20)12(19)15-9)5-8(6)14-11(18)4-7(2)17/h3,5H,4H2,1-2H3,(H,14,18). The highest BCUT2D eigenvalue weighted by Crippen LogP contribution is 2.10. The molecule has 0 spiro atoms. The lowest BCUT2D eigenvalue weighted by Gasteiger charge is -2.08. The summed E-state index contributed by atoms with van der Waals surface area (Å²) >= 11 is 0. The summed E-state index contributed by atoms with van der Waals surface area (Å²) in [5.41, 5.74) is 1.08. The molecule has 0 saturated heterocycles. The van der Waals surface area contributed by atoms with Crippen LogP contribution >= 0.6 is 0 Å². The molecule has 1 N–H and O–H groups in total. The first kappa shape index (κ1) is 13.7. The van der Waals surface area contributed by atoms with Gasteiger partial charge in [0, 0.05) is 5.69 Å². The third-order valence-electron chi connectivity index (χ3n) is 2.63. The van der Waals surface area contributed by atoms with Gasteiger partial charge in [-0.15, -0.1) is 0 Å². The van der Waals surface area contributed by atoms with E-state index in [9.17, 15) is 19.2 Å². The molecule has 20 heavy (non-hydrogen) atoms. The largest absolute Gasteiger partial charge is 0.338 e. The van der Waals surface area contributed by atoms with E-state index in [4.69, 9.17) is 0 Å². The Kier molecular flexibility index (Phi) is 3.51. The molecule has 7 nitrogen and oxygen atoms in total. The number of anilines is 1. The molecule has 0 aliphatic carbocycles. The lowest BCUT2D eigenvalue weighted by Crippen LogP contribution is -2.35. The maximum absolute atomic E-state index is 11.6. The van der Waals surface area contributed by atoms with Gasteiger partial charge in [-0.1, -0.05) is 0 Å². The number of nitrogens with zero attached hydrogens (tertiary/aromatic N) is 2. The van der Waals surface area contributed by atoms with E-state index < -0.39 is 17.7 Å². The predicted molar refractivity (Wildman–Crippen MR) is 67.4 cm³/mol. The van der Waals surface area contributed by atoms with Gasteiger partial charge in [-0.2, -0.15) is 0 Å². The molecule has 0 saturated carbocycles. The van der Waals surface area contributed by atoms with Gasteiger partial charge in [-0.3, -0.25) is 19.2 Å². The highest BCUT2D eigenvalue weighted by atomic mass is 16.2. The summed E-state index contributed by atoms with van der Waals surface area (Å²) in [5.74, 6) is -2.55. The number of hydrogen-bond acceptors (Lipinski definition) is 4. The zero-order valence-corrected chi connectivity index (χ0v) is 10.9. The molecule has 102 valence electrons. The van der Waals surface area contributed by atoms with Crippen molar-refractivity contribution in [3.8, 4) is 0 Å². The van der Waals surface area contributed by atoms with Crippen molar-refractivity contribution >= 4 is 29.2 Å². The van der Waals surface area contributed by atoms with E-state index in [0.717, 1.165) is 0 Å². The smallest absolute Gasteiger partial charge is 0.325 e. The summed E-state index contributed by atoms with van der Waals surface area (Å²) in [5, 5.41) is 3.07. The highest BCUT2D eigenvalue weighted by molar-refractivity contribution is 6.36. The second-order valence-corrected chi connectivity index (χ2v) is 4.42. The van der Waals surface area contributed by atoms with Crippen LogP contribution in [0, 0.1) is 6.92 Å². The quantitative estimate of drug-likeness (QED) is 0.576. The molecule has 1 aliphatic rings. The molecule has 7 heteroatoms. The molecule has 1 heterocycles. The minimum Gasteiger partial charge on any atom is -0.325 e. The minimum absolute atomic E-state index is 0.221. The van der Waals surface area contributed by atoms with E-state index in [1.165, 1.54) is 13.0 Å². The average Bonchev–Trinajstić information content (AvgIpc) is 2.32. The average molecular weight is 273 g/mol. The molecule has 3 amide bonds. The minimum atomic E-state index is -0.942. The summed E-state index contributed by atoms with van der Waals surface area (Å²) in [6.45, 7) is 3.03. The Hall–Kier alpha value is -2.70. The van der Waals surface area contributed by atoms with Gasteiger partial charge < -0.3 is 5.32 Å². The van der Waals surface area contributed by atoms with E-state index >= 15 is 0 Å². The molecule has 0 fully saturated rings. The summed E-state index contributed by atoms with van der Waals surface area (Å²) < 4.78 is 0. The molecule has 0 bridgehead atoms. The summed E-state index contributed by atoms with van der Waals surface area (Å²) in [7, 11) is 0. The Bertz CT molecular complexity index is 765. The maximum Gasteiger partial charge on any atom is 0.338 e. The topological polar surface area (TPSA) is 105 Å². The number of hydrogen-bond donors (Lipinski definition) is 1. The van der Waals surface area contributed by atoms with Gasteiger partial charge in [0.15, 0.2) is 0 Å². The lowest BCUT2D eigenvalue weighted by molar-refractivity contribution is -0.135. The van der Waals surface area contributed by atoms with Crippen LogP contribution in [-0.4, -0.2) is 23.5 Å². The number of ketones is 1. The number of Topliss-reactive ketones (excluding diaryl/α,β-unsaturated/α-hetero) is 1. The van der Waals surface area contributed by atoms with Crippen LogP contribution in [-0.2, 0) is 19.2 Å². The number of fused-ring (bicyclic) bond motifs is 1. The van der Waals surface area contributed by atoms with Gasteiger partial charge in [-0.25, -0.2) is 9.98 Å². The van der Waals surface area contributed by atoms with E-state index in [-0.39, 0.29) is 22.9 Å². The van der Waals surface area contributed by atoms with E-state index in [1.54, 1.807) is 13.0 Å².